The molecule has 0 fully saturated rings. The first kappa shape index (κ1) is 14.5. The van der Waals surface area contributed by atoms with Crippen LogP contribution in [0.15, 0.2) is 0 Å². The van der Waals surface area contributed by atoms with E-state index in [0.717, 1.165) is 17.3 Å². The van der Waals surface area contributed by atoms with Gasteiger partial charge in [-0.15, -0.1) is 7.92 Å². The summed E-state index contributed by atoms with van der Waals surface area (Å²) in [4.78, 5) is 0. The highest BCUT2D eigenvalue weighted by Crippen LogP contribution is 2.37. The first-order chi connectivity index (χ1) is 6.35. The number of rotatable bonds is 9. The maximum atomic E-state index is 4.26. The fourth-order valence-electron chi connectivity index (χ4n) is 1.22. The second-order valence-electron chi connectivity index (χ2n) is 3.07. The molecule has 0 unspecified atom stereocenters. The Labute approximate surface area is 101 Å². The van der Waals surface area contributed by atoms with Crippen molar-refractivity contribution >= 4 is 45.8 Å². The van der Waals surface area contributed by atoms with Crippen molar-refractivity contribution in [2.75, 3.05) is 35.7 Å². The molecular formula is C9H21PS3. The molecule has 0 heterocycles. The molecule has 0 aliphatic carbocycles. The highest BCUT2D eigenvalue weighted by atomic mass is 32.1. The van der Waals surface area contributed by atoms with E-state index in [-0.39, 0.29) is 7.92 Å². The lowest BCUT2D eigenvalue weighted by Crippen LogP contribution is -1.97. The van der Waals surface area contributed by atoms with Gasteiger partial charge in [0.25, 0.3) is 0 Å². The van der Waals surface area contributed by atoms with Gasteiger partial charge in [0, 0.05) is 0 Å². The molecule has 0 aromatic carbocycles. The van der Waals surface area contributed by atoms with Gasteiger partial charge in [-0.3, -0.25) is 0 Å². The van der Waals surface area contributed by atoms with Gasteiger partial charge in [0.15, 0.2) is 0 Å². The van der Waals surface area contributed by atoms with Gasteiger partial charge in [0.1, 0.15) is 0 Å². The van der Waals surface area contributed by atoms with Crippen molar-refractivity contribution in [2.45, 2.75) is 19.3 Å². The molecule has 0 aromatic heterocycles. The zero-order valence-corrected chi connectivity index (χ0v) is 11.7. The summed E-state index contributed by atoms with van der Waals surface area (Å²) in [6, 6.07) is 0. The van der Waals surface area contributed by atoms with Gasteiger partial charge < -0.3 is 0 Å². The van der Waals surface area contributed by atoms with Crippen LogP contribution in [0.2, 0.25) is 0 Å². The smallest absolute Gasteiger partial charge is 0.00946 e. The minimum atomic E-state index is 0.275. The molecule has 80 valence electrons. The van der Waals surface area contributed by atoms with E-state index >= 15 is 0 Å². The SMILES string of the molecule is SCCCP(CCCS)CCCS. The van der Waals surface area contributed by atoms with Crippen molar-refractivity contribution in [3.63, 3.8) is 0 Å². The number of hydrogen-bond acceptors (Lipinski definition) is 3. The van der Waals surface area contributed by atoms with Crippen LogP contribution in [0.3, 0.4) is 0 Å². The van der Waals surface area contributed by atoms with Crippen LogP contribution in [0.1, 0.15) is 19.3 Å². The summed E-state index contributed by atoms with van der Waals surface area (Å²) in [5, 5.41) is 0. The molecule has 0 radical (unpaired) electrons. The molecule has 0 saturated carbocycles. The average Bonchev–Trinajstić information content (AvgIpc) is 2.17. The second kappa shape index (κ2) is 11.6. The molecule has 0 spiro atoms. The van der Waals surface area contributed by atoms with Crippen molar-refractivity contribution in [2.24, 2.45) is 0 Å². The maximum absolute atomic E-state index is 4.26. The fourth-order valence-corrected chi connectivity index (χ4v) is 4.93. The largest absolute Gasteiger partial charge is 0.179 e. The zero-order chi connectivity index (χ0) is 9.94. The summed E-state index contributed by atoms with van der Waals surface area (Å²) < 4.78 is 0. The van der Waals surface area contributed by atoms with Crippen LogP contribution in [0.5, 0.6) is 0 Å². The summed E-state index contributed by atoms with van der Waals surface area (Å²) in [5.74, 6) is 3.13. The van der Waals surface area contributed by atoms with Crippen molar-refractivity contribution in [1.82, 2.24) is 0 Å². The van der Waals surface area contributed by atoms with E-state index in [1.165, 1.54) is 37.7 Å². The quantitative estimate of drug-likeness (QED) is 0.408. The van der Waals surface area contributed by atoms with Crippen molar-refractivity contribution in [1.29, 1.82) is 0 Å². The highest BCUT2D eigenvalue weighted by molar-refractivity contribution is 7.80. The summed E-state index contributed by atoms with van der Waals surface area (Å²) in [6.45, 7) is 0. The molecule has 0 saturated heterocycles. The van der Waals surface area contributed by atoms with Crippen LogP contribution in [0.4, 0.5) is 0 Å². The number of thiol groups is 3. The van der Waals surface area contributed by atoms with Crippen LogP contribution >= 0.6 is 45.8 Å². The van der Waals surface area contributed by atoms with E-state index in [2.05, 4.69) is 37.9 Å². The Morgan fingerprint density at radius 3 is 1.15 bits per heavy atom. The van der Waals surface area contributed by atoms with E-state index in [1.54, 1.807) is 0 Å². The molecule has 0 aliphatic rings. The normalized spacial score (nSPS) is 11.1. The Kier molecular flexibility index (Phi) is 12.9. The van der Waals surface area contributed by atoms with Crippen LogP contribution in [-0.2, 0) is 0 Å². The number of hydrogen-bond donors (Lipinski definition) is 3. The zero-order valence-electron chi connectivity index (χ0n) is 8.15. The van der Waals surface area contributed by atoms with Crippen molar-refractivity contribution < 1.29 is 0 Å². The van der Waals surface area contributed by atoms with E-state index in [0.29, 0.717) is 0 Å². The molecule has 0 nitrogen and oxygen atoms in total. The lowest BCUT2D eigenvalue weighted by atomic mass is 10.5. The lowest BCUT2D eigenvalue weighted by molar-refractivity contribution is 1.04. The molecule has 13 heavy (non-hydrogen) atoms. The summed E-state index contributed by atoms with van der Waals surface area (Å²) in [7, 11) is 0.275. The van der Waals surface area contributed by atoms with Crippen LogP contribution in [0.25, 0.3) is 0 Å². The van der Waals surface area contributed by atoms with E-state index in [1.807, 2.05) is 0 Å². The average molecular weight is 256 g/mol. The monoisotopic (exact) mass is 256 g/mol. The first-order valence-electron chi connectivity index (χ1n) is 4.90. The van der Waals surface area contributed by atoms with Gasteiger partial charge in [-0.05, 0) is 55.0 Å². The molecule has 0 N–H and O–H groups in total. The van der Waals surface area contributed by atoms with E-state index in [9.17, 15) is 0 Å². The van der Waals surface area contributed by atoms with Gasteiger partial charge in [-0.25, -0.2) is 0 Å². The van der Waals surface area contributed by atoms with Gasteiger partial charge in [-0.2, -0.15) is 37.9 Å². The summed E-state index contributed by atoms with van der Waals surface area (Å²) >= 11 is 12.8. The van der Waals surface area contributed by atoms with Gasteiger partial charge in [0.05, 0.1) is 0 Å². The topological polar surface area (TPSA) is 0 Å². The molecule has 0 amide bonds. The van der Waals surface area contributed by atoms with Crippen LogP contribution < -0.4 is 0 Å². The predicted molar refractivity (Wildman–Crippen MR) is 76.9 cm³/mol. The minimum absolute atomic E-state index is 0.275. The fraction of sp³-hybridized carbons (Fsp3) is 1.00. The Hall–Kier alpha value is 1.48. The van der Waals surface area contributed by atoms with Crippen LogP contribution in [-0.4, -0.2) is 35.7 Å². The molecule has 0 aliphatic heterocycles. The third-order valence-corrected chi connectivity index (χ3v) is 5.69. The van der Waals surface area contributed by atoms with Crippen molar-refractivity contribution in [3.05, 3.63) is 0 Å². The molecule has 0 atom stereocenters. The highest BCUT2D eigenvalue weighted by Gasteiger charge is 2.05. The van der Waals surface area contributed by atoms with Crippen LogP contribution in [0, 0.1) is 0 Å². The molecule has 0 aromatic rings. The van der Waals surface area contributed by atoms with E-state index in [4.69, 9.17) is 0 Å². The summed E-state index contributed by atoms with van der Waals surface area (Å²) in [6.07, 6.45) is 8.07. The summed E-state index contributed by atoms with van der Waals surface area (Å²) in [5.41, 5.74) is 0. The molecule has 4 heteroatoms. The molecular weight excluding hydrogens is 235 g/mol. The van der Waals surface area contributed by atoms with E-state index < -0.39 is 0 Å². The maximum Gasteiger partial charge on any atom is -0.00946 e. The Morgan fingerprint density at radius 2 is 0.923 bits per heavy atom. The second-order valence-corrected chi connectivity index (χ2v) is 7.10. The lowest BCUT2D eigenvalue weighted by Gasteiger charge is -2.16. The van der Waals surface area contributed by atoms with Gasteiger partial charge >= 0.3 is 0 Å². The Balaban J connectivity index is 3.47. The van der Waals surface area contributed by atoms with Gasteiger partial charge in [-0.1, -0.05) is 0 Å². The third kappa shape index (κ3) is 9.78. The van der Waals surface area contributed by atoms with Crippen molar-refractivity contribution in [3.8, 4) is 0 Å². The third-order valence-electron chi connectivity index (χ3n) is 1.90. The Morgan fingerprint density at radius 1 is 0.615 bits per heavy atom. The Bertz CT molecular complexity index is 81.8. The molecule has 0 rings (SSSR count). The van der Waals surface area contributed by atoms with Gasteiger partial charge in [0.2, 0.25) is 0 Å². The molecule has 0 bridgehead atoms. The standard InChI is InChI=1S/C9H21PS3/c11-7-1-4-10(5-2-8-12)6-3-9-13/h11-13H,1-9H2. The minimum Gasteiger partial charge on any atom is -0.179 e. The predicted octanol–water partition coefficient (Wildman–Crippen LogP) is 3.43. The first-order valence-corrected chi connectivity index (χ1v) is 8.69.